The quantitative estimate of drug-likeness (QED) is 0.428. The van der Waals surface area contributed by atoms with Crippen LogP contribution in [0, 0.1) is 17.0 Å². The molecule has 9 heteroatoms. The molecule has 1 amide bonds. The van der Waals surface area contributed by atoms with Gasteiger partial charge in [-0.1, -0.05) is 25.1 Å². The predicted octanol–water partition coefficient (Wildman–Crippen LogP) is 3.43. The third-order valence-electron chi connectivity index (χ3n) is 4.99. The molecule has 0 aromatic heterocycles. The van der Waals surface area contributed by atoms with Gasteiger partial charge in [0, 0.05) is 30.9 Å². The van der Waals surface area contributed by atoms with Crippen LogP contribution in [0.3, 0.4) is 0 Å². The standard InChI is InChI=1S/C21H24N4O4S/c1-3-15-6-4-5-14(2)19(15)22-21(30)23-20(26)17-13-16(25(27)28)7-8-18(17)24-9-11-29-12-10-24/h4-8,13H,3,9-12H2,1-2H3,(H2,22,23,26,30). The number of morpholine rings is 1. The first kappa shape index (κ1) is 21.7. The second-order valence-electron chi connectivity index (χ2n) is 6.93. The summed E-state index contributed by atoms with van der Waals surface area (Å²) in [6.45, 7) is 6.27. The van der Waals surface area contributed by atoms with Gasteiger partial charge in [0.05, 0.1) is 29.4 Å². The molecule has 8 nitrogen and oxygen atoms in total. The zero-order chi connectivity index (χ0) is 21.7. The number of nitro benzene ring substituents is 1. The smallest absolute Gasteiger partial charge is 0.270 e. The van der Waals surface area contributed by atoms with E-state index in [0.717, 1.165) is 23.2 Å². The minimum atomic E-state index is -0.517. The fourth-order valence-electron chi connectivity index (χ4n) is 3.42. The highest BCUT2D eigenvalue weighted by Crippen LogP contribution is 2.27. The van der Waals surface area contributed by atoms with E-state index in [-0.39, 0.29) is 16.4 Å². The highest BCUT2D eigenvalue weighted by molar-refractivity contribution is 7.80. The molecule has 2 aromatic rings. The molecule has 0 radical (unpaired) electrons. The zero-order valence-electron chi connectivity index (χ0n) is 16.9. The molecule has 1 aliphatic rings. The third-order valence-corrected chi connectivity index (χ3v) is 5.20. The lowest BCUT2D eigenvalue weighted by molar-refractivity contribution is -0.384. The molecule has 0 atom stereocenters. The van der Waals surface area contributed by atoms with Crippen molar-refractivity contribution in [2.24, 2.45) is 0 Å². The Balaban J connectivity index is 1.84. The van der Waals surface area contributed by atoms with Gasteiger partial charge in [-0.05, 0) is 42.8 Å². The summed E-state index contributed by atoms with van der Waals surface area (Å²) in [7, 11) is 0. The van der Waals surface area contributed by atoms with Gasteiger partial charge in [-0.15, -0.1) is 0 Å². The number of amides is 1. The normalized spacial score (nSPS) is 13.6. The lowest BCUT2D eigenvalue weighted by Crippen LogP contribution is -2.39. The van der Waals surface area contributed by atoms with E-state index in [4.69, 9.17) is 17.0 Å². The highest BCUT2D eigenvalue weighted by Gasteiger charge is 2.23. The van der Waals surface area contributed by atoms with Gasteiger partial charge in [-0.3, -0.25) is 20.2 Å². The summed E-state index contributed by atoms with van der Waals surface area (Å²) in [5, 5.41) is 17.1. The minimum Gasteiger partial charge on any atom is -0.378 e. The number of benzene rings is 2. The number of carbonyl (C=O) groups excluding carboxylic acids is 1. The molecule has 0 unspecified atom stereocenters. The maximum absolute atomic E-state index is 13.0. The van der Waals surface area contributed by atoms with Crippen LogP contribution < -0.4 is 15.5 Å². The molecule has 2 aromatic carbocycles. The van der Waals surface area contributed by atoms with Crippen LogP contribution in [0.2, 0.25) is 0 Å². The van der Waals surface area contributed by atoms with E-state index in [2.05, 4.69) is 10.6 Å². The van der Waals surface area contributed by atoms with E-state index in [1.165, 1.54) is 12.1 Å². The Bertz CT molecular complexity index is 973. The summed E-state index contributed by atoms with van der Waals surface area (Å²) >= 11 is 5.35. The topological polar surface area (TPSA) is 96.7 Å². The Kier molecular flexibility index (Phi) is 6.96. The number of hydrogen-bond acceptors (Lipinski definition) is 6. The number of rotatable bonds is 5. The van der Waals surface area contributed by atoms with Gasteiger partial charge in [0.15, 0.2) is 5.11 Å². The Labute approximate surface area is 180 Å². The number of nitro groups is 1. The largest absolute Gasteiger partial charge is 0.378 e. The number of nitrogens with one attached hydrogen (secondary N) is 2. The molecule has 0 saturated carbocycles. The molecule has 0 bridgehead atoms. The minimum absolute atomic E-state index is 0.142. The lowest BCUT2D eigenvalue weighted by Gasteiger charge is -2.30. The number of ether oxygens (including phenoxy) is 1. The van der Waals surface area contributed by atoms with Crippen LogP contribution in [0.15, 0.2) is 36.4 Å². The number of non-ortho nitro benzene ring substituents is 1. The van der Waals surface area contributed by atoms with Gasteiger partial charge in [-0.25, -0.2) is 0 Å². The fourth-order valence-corrected chi connectivity index (χ4v) is 3.61. The monoisotopic (exact) mass is 428 g/mol. The third kappa shape index (κ3) is 4.92. The van der Waals surface area contributed by atoms with Crippen LogP contribution in [-0.4, -0.2) is 42.2 Å². The molecule has 158 valence electrons. The molecule has 0 aliphatic carbocycles. The average Bonchev–Trinajstić information content (AvgIpc) is 2.75. The van der Waals surface area contributed by atoms with E-state index in [1.807, 2.05) is 36.9 Å². The second-order valence-corrected chi connectivity index (χ2v) is 7.34. The second kappa shape index (κ2) is 9.64. The molecule has 0 spiro atoms. The number of anilines is 2. The molecule has 30 heavy (non-hydrogen) atoms. The number of hydrogen-bond donors (Lipinski definition) is 2. The number of nitrogens with zero attached hydrogens (tertiary/aromatic N) is 2. The Morgan fingerprint density at radius 2 is 2.00 bits per heavy atom. The summed E-state index contributed by atoms with van der Waals surface area (Å²) in [4.78, 5) is 25.7. The number of para-hydroxylation sites is 1. The van der Waals surface area contributed by atoms with Gasteiger partial charge >= 0.3 is 0 Å². The number of carbonyl (C=O) groups is 1. The number of thiocarbonyl (C=S) groups is 1. The molecular formula is C21H24N4O4S. The van der Waals surface area contributed by atoms with Crippen molar-refractivity contribution >= 4 is 40.3 Å². The first-order valence-electron chi connectivity index (χ1n) is 9.72. The number of aryl methyl sites for hydroxylation is 2. The SMILES string of the molecule is CCc1cccc(C)c1NC(=S)NC(=O)c1cc([N+](=O)[O-])ccc1N1CCOCC1. The van der Waals surface area contributed by atoms with Crippen molar-refractivity contribution in [3.05, 3.63) is 63.2 Å². The van der Waals surface area contributed by atoms with E-state index >= 15 is 0 Å². The first-order chi connectivity index (χ1) is 14.4. The Morgan fingerprint density at radius 1 is 1.27 bits per heavy atom. The molecule has 3 rings (SSSR count). The van der Waals surface area contributed by atoms with Gasteiger partial charge < -0.3 is 15.0 Å². The van der Waals surface area contributed by atoms with Crippen molar-refractivity contribution in [2.75, 3.05) is 36.5 Å². The lowest BCUT2D eigenvalue weighted by atomic mass is 10.1. The van der Waals surface area contributed by atoms with Crippen LogP contribution in [0.25, 0.3) is 0 Å². The van der Waals surface area contributed by atoms with Crippen molar-refractivity contribution in [3.63, 3.8) is 0 Å². The molecule has 1 saturated heterocycles. The Hall–Kier alpha value is -3.04. The molecule has 1 heterocycles. The predicted molar refractivity (Wildman–Crippen MR) is 120 cm³/mol. The van der Waals surface area contributed by atoms with E-state index in [1.54, 1.807) is 6.07 Å². The molecular weight excluding hydrogens is 404 g/mol. The maximum Gasteiger partial charge on any atom is 0.270 e. The van der Waals surface area contributed by atoms with Crippen molar-refractivity contribution in [1.29, 1.82) is 0 Å². The first-order valence-corrected chi connectivity index (χ1v) is 10.1. The van der Waals surface area contributed by atoms with Gasteiger partial charge in [0.2, 0.25) is 0 Å². The molecule has 2 N–H and O–H groups in total. The Morgan fingerprint density at radius 3 is 2.67 bits per heavy atom. The van der Waals surface area contributed by atoms with E-state index in [9.17, 15) is 14.9 Å². The van der Waals surface area contributed by atoms with Crippen LogP contribution in [0.1, 0.15) is 28.4 Å². The molecule has 1 fully saturated rings. The summed E-state index contributed by atoms with van der Waals surface area (Å²) < 4.78 is 5.37. The average molecular weight is 429 g/mol. The maximum atomic E-state index is 13.0. The summed E-state index contributed by atoms with van der Waals surface area (Å²) in [6, 6.07) is 10.2. The summed E-state index contributed by atoms with van der Waals surface area (Å²) in [6.07, 6.45) is 0.812. The van der Waals surface area contributed by atoms with E-state index in [0.29, 0.717) is 32.0 Å². The van der Waals surface area contributed by atoms with E-state index < -0.39 is 10.8 Å². The van der Waals surface area contributed by atoms with Crippen LogP contribution in [0.4, 0.5) is 17.1 Å². The van der Waals surface area contributed by atoms with Crippen molar-refractivity contribution in [3.8, 4) is 0 Å². The fraction of sp³-hybridized carbons (Fsp3) is 0.333. The van der Waals surface area contributed by atoms with Gasteiger partial charge in [-0.2, -0.15) is 0 Å². The highest BCUT2D eigenvalue weighted by atomic mass is 32.1. The van der Waals surface area contributed by atoms with Crippen molar-refractivity contribution in [2.45, 2.75) is 20.3 Å². The summed E-state index contributed by atoms with van der Waals surface area (Å²) in [5.74, 6) is -0.496. The van der Waals surface area contributed by atoms with Crippen LogP contribution in [0.5, 0.6) is 0 Å². The molecule has 1 aliphatic heterocycles. The van der Waals surface area contributed by atoms with Gasteiger partial charge in [0.25, 0.3) is 11.6 Å². The summed E-state index contributed by atoms with van der Waals surface area (Å²) in [5.41, 5.74) is 3.62. The van der Waals surface area contributed by atoms with Crippen LogP contribution >= 0.6 is 12.2 Å². The van der Waals surface area contributed by atoms with Crippen molar-refractivity contribution in [1.82, 2.24) is 5.32 Å². The van der Waals surface area contributed by atoms with Gasteiger partial charge in [0.1, 0.15) is 0 Å². The van der Waals surface area contributed by atoms with Crippen LogP contribution in [-0.2, 0) is 11.2 Å². The van der Waals surface area contributed by atoms with Crippen molar-refractivity contribution < 1.29 is 14.5 Å². The zero-order valence-corrected chi connectivity index (χ0v) is 17.8.